The smallest absolute Gasteiger partial charge is 0.238 e. The van der Waals surface area contributed by atoms with Gasteiger partial charge in [0.1, 0.15) is 101 Å². The Balaban J connectivity index is 0.000000131. The van der Waals surface area contributed by atoms with Crippen molar-refractivity contribution in [3.8, 4) is 56.9 Å². The van der Waals surface area contributed by atoms with Crippen molar-refractivity contribution in [2.45, 2.75) is 116 Å². The Labute approximate surface area is 664 Å². The number of rotatable bonds is 10. The maximum absolute atomic E-state index is 7.39. The number of fused-ring (bicyclic) bond motifs is 1. The molecule has 113 heavy (non-hydrogen) atoms. The molecule has 0 saturated heterocycles. The molecule has 568 valence electrons. The summed E-state index contributed by atoms with van der Waals surface area (Å²) in [4.78, 5) is 21.2. The van der Waals surface area contributed by atoms with Gasteiger partial charge in [-0.3, -0.25) is 0 Å². The molecule has 16 aromatic rings. The fourth-order valence-corrected chi connectivity index (χ4v) is 14.9. The number of nitrogens with zero attached hydrogens (tertiary/aromatic N) is 20. The molecule has 20 heteroatoms. The van der Waals surface area contributed by atoms with Gasteiger partial charge in [0.2, 0.25) is 5.69 Å². The van der Waals surface area contributed by atoms with E-state index in [2.05, 4.69) is 350 Å². The van der Waals surface area contributed by atoms with E-state index >= 15 is 0 Å². The van der Waals surface area contributed by atoms with Crippen LogP contribution < -0.4 is 46.2 Å². The Morgan fingerprint density at radius 1 is 0.336 bits per heavy atom. The van der Waals surface area contributed by atoms with Gasteiger partial charge in [-0.1, -0.05) is 65.0 Å². The molecule has 0 saturated carbocycles. The van der Waals surface area contributed by atoms with E-state index in [4.69, 9.17) is 6.57 Å². The Morgan fingerprint density at radius 2 is 0.735 bits per heavy atom. The Hall–Kier alpha value is -13.4. The van der Waals surface area contributed by atoms with Crippen LogP contribution >= 0.6 is 0 Å². The Bertz CT molecular complexity index is 6200. The summed E-state index contributed by atoms with van der Waals surface area (Å²) >= 11 is 0. The van der Waals surface area contributed by atoms with Crippen LogP contribution in [0.4, 0.5) is 5.69 Å². The lowest BCUT2D eigenvalue weighted by Crippen LogP contribution is -2.40. The van der Waals surface area contributed by atoms with Crippen molar-refractivity contribution >= 4 is 16.5 Å². The number of aromatic nitrogens is 19. The van der Waals surface area contributed by atoms with Gasteiger partial charge in [0, 0.05) is 124 Å². The first kappa shape index (κ1) is 79.1. The van der Waals surface area contributed by atoms with E-state index in [1.807, 2.05) is 148 Å². The van der Waals surface area contributed by atoms with Crippen LogP contribution in [0, 0.1) is 96.6 Å². The molecule has 0 fully saturated rings. The maximum Gasteiger partial charge on any atom is 0.300 e. The zero-order valence-electron chi connectivity index (χ0n) is 69.3. The minimum absolute atomic E-state index is 0.0690. The van der Waals surface area contributed by atoms with Crippen LogP contribution in [0.5, 0.6) is 0 Å². The van der Waals surface area contributed by atoms with Crippen LogP contribution in [0.15, 0.2) is 263 Å². The third kappa shape index (κ3) is 16.7. The first-order valence-corrected chi connectivity index (χ1v) is 38.1. The molecule has 0 aliphatic carbocycles. The second-order valence-corrected chi connectivity index (χ2v) is 29.9. The highest BCUT2D eigenvalue weighted by Crippen LogP contribution is 2.32. The van der Waals surface area contributed by atoms with Gasteiger partial charge in [-0.25, -0.2) is 18.5 Å². The third-order valence-electron chi connectivity index (χ3n) is 20.9. The first-order chi connectivity index (χ1) is 54.1. The summed E-state index contributed by atoms with van der Waals surface area (Å²) in [6.07, 6.45) is 38.1. The van der Waals surface area contributed by atoms with Crippen molar-refractivity contribution in [1.29, 1.82) is 0 Å². The molecular formula is C93H106N20+10. The van der Waals surface area contributed by atoms with Gasteiger partial charge in [-0.05, 0) is 143 Å². The van der Waals surface area contributed by atoms with Gasteiger partial charge in [0.25, 0.3) is 23.3 Å². The van der Waals surface area contributed by atoms with E-state index in [9.17, 15) is 0 Å². The number of aryl methyl sites for hydroxylation is 13. The molecule has 0 spiro atoms. The molecule has 20 nitrogen and oxygen atoms in total. The molecule has 10 heterocycles. The lowest BCUT2D eigenvalue weighted by Gasteiger charge is -2.22. The van der Waals surface area contributed by atoms with Crippen LogP contribution in [0.2, 0.25) is 0 Å². The lowest BCUT2D eigenvalue weighted by atomic mass is 9.85. The predicted molar refractivity (Wildman–Crippen MR) is 438 cm³/mol. The molecule has 0 aliphatic rings. The predicted octanol–water partition coefficient (Wildman–Crippen LogP) is 12.5. The van der Waals surface area contributed by atoms with Gasteiger partial charge < -0.3 is 0 Å². The highest BCUT2D eigenvalue weighted by molar-refractivity contribution is 5.92. The van der Waals surface area contributed by atoms with Crippen LogP contribution in [-0.4, -0.2) is 43.3 Å². The fourth-order valence-electron chi connectivity index (χ4n) is 14.9. The second kappa shape index (κ2) is 33.8. The molecule has 0 N–H and O–H groups in total. The largest absolute Gasteiger partial charge is 0.300 e. The Kier molecular flexibility index (Phi) is 23.7. The number of benzene rings is 6. The van der Waals surface area contributed by atoms with Crippen molar-refractivity contribution in [3.63, 3.8) is 0 Å². The van der Waals surface area contributed by atoms with E-state index in [0.717, 1.165) is 40.2 Å². The van der Waals surface area contributed by atoms with Crippen molar-refractivity contribution < 1.29 is 46.2 Å². The summed E-state index contributed by atoms with van der Waals surface area (Å²) in [5.74, 6) is 3.83. The topological polar surface area (TPSA) is 119 Å². The van der Waals surface area contributed by atoms with E-state index in [1.165, 1.54) is 106 Å². The van der Waals surface area contributed by atoms with E-state index < -0.39 is 0 Å². The van der Waals surface area contributed by atoms with Crippen molar-refractivity contribution in [3.05, 3.63) is 354 Å². The molecule has 0 amide bonds. The van der Waals surface area contributed by atoms with Crippen LogP contribution in [0.25, 0.3) is 72.5 Å². The number of hydrogen-bond donors (Lipinski definition) is 0. The van der Waals surface area contributed by atoms with E-state index in [1.54, 1.807) is 6.20 Å². The summed E-state index contributed by atoms with van der Waals surface area (Å²) in [6, 6.07) is 50.3. The molecule has 0 radical (unpaired) electrons. The van der Waals surface area contributed by atoms with Crippen molar-refractivity contribution in [2.24, 2.45) is 35.2 Å². The van der Waals surface area contributed by atoms with Gasteiger partial charge >= 0.3 is 0 Å². The molecule has 0 unspecified atom stereocenters. The number of hydrogen-bond acceptors (Lipinski definition) is 4. The monoisotopic (exact) mass is 1500 g/mol. The summed E-state index contributed by atoms with van der Waals surface area (Å²) in [7, 11) is 10.2. The molecule has 0 bridgehead atoms. The highest BCUT2D eigenvalue weighted by Gasteiger charge is 2.28. The lowest BCUT2D eigenvalue weighted by molar-refractivity contribution is -0.744. The first-order valence-electron chi connectivity index (χ1n) is 38.1. The standard InChI is InChI=1S/C21H21N3.C20H26N4.C18H22N4.C17H17N5.C17H20N4/c1-16-9-6-7-13-23(16)21-17(2)20(24-14-8-12-22(24)3)15-18-10-4-5-11-19(18)21;1-15-18(23-11-7-9-21-16(23)2)13-17(20(3,4)5)14-19(15)24-12-8-10-22(24)6;1-13-12-14(2)18(22-11-7-9-20(22)5)15(3)17(13)21-10-6-8-19-16(21)4;1-13-16(21-9-5-7-19-14(21)2)11-15(18-3)12-17(13)22-10-6-8-20(22)4;1-13-11-16(20-9-5-7-18-15(20)3)14(2)17(12-13)21-10-6-8-19(21)4/h4-15H,1-3H3;7-14H,1-6H3;6-12H,1-5H3;5-12H,1-2,4H3;5-12H,1-4H3/q5*+2. The molecule has 0 aliphatic heterocycles. The molecule has 0 atom stereocenters. The van der Waals surface area contributed by atoms with Crippen molar-refractivity contribution in [2.75, 3.05) is 0 Å². The fraction of sp³-hybridized carbons (Fsp3) is 0.237. The van der Waals surface area contributed by atoms with E-state index in [-0.39, 0.29) is 5.41 Å². The highest BCUT2D eigenvalue weighted by atomic mass is 15.4. The average Bonchev–Trinajstić information content (AvgIpc) is 1.70. The van der Waals surface area contributed by atoms with Gasteiger partial charge in [0.15, 0.2) is 83.8 Å². The van der Waals surface area contributed by atoms with Crippen molar-refractivity contribution in [1.82, 2.24) is 43.3 Å². The summed E-state index contributed by atoms with van der Waals surface area (Å²) < 4.78 is 31.8. The molecular weight excluding hydrogens is 1400 g/mol. The Morgan fingerprint density at radius 3 is 1.17 bits per heavy atom. The zero-order valence-corrected chi connectivity index (χ0v) is 69.3. The van der Waals surface area contributed by atoms with Crippen LogP contribution in [0.3, 0.4) is 0 Å². The minimum atomic E-state index is 0.0690. The normalized spacial score (nSPS) is 11.0. The minimum Gasteiger partial charge on any atom is -0.238 e. The van der Waals surface area contributed by atoms with Crippen LogP contribution in [-0.2, 0) is 40.7 Å². The van der Waals surface area contributed by atoms with Crippen LogP contribution in [0.1, 0.15) is 99.8 Å². The van der Waals surface area contributed by atoms with Gasteiger partial charge in [-0.2, -0.15) is 9.13 Å². The second-order valence-electron chi connectivity index (χ2n) is 29.9. The molecule has 10 aromatic heterocycles. The number of pyridine rings is 1. The average molecular weight is 1500 g/mol. The van der Waals surface area contributed by atoms with Gasteiger partial charge in [-0.15, -0.1) is 46.8 Å². The zero-order chi connectivity index (χ0) is 80.7. The molecule has 6 aromatic carbocycles. The summed E-state index contributed by atoms with van der Waals surface area (Å²) in [5, 5.41) is 2.52. The van der Waals surface area contributed by atoms with Gasteiger partial charge in [0.05, 0.1) is 48.5 Å². The van der Waals surface area contributed by atoms with E-state index in [0.29, 0.717) is 5.69 Å². The summed E-state index contributed by atoms with van der Waals surface area (Å²) in [5.41, 5.74) is 24.6. The maximum atomic E-state index is 7.39. The molecule has 16 rings (SSSR count). The SMILES string of the molecule is Cc1c(-n2ccc[n+]2C)cc(C(C)(C)C)cc1-[n+]1cccnc1C.Cc1c(-n2ccc[n+]2C)cc2ccccc2c1-[n+]1ccccc1C.Cc1cc(-n2ccc[n+]2C)c(C)c(-[n+]2cccnc2C)c1.Cc1cc(C)c(-[n+]2cccnc2C)c(C)c1-n1ccc[n+]1C.[C-]#[N+]c1cc(-n2ccc[n+]2C)c(C)c(-[n+]2cccnc2C)c1. The third-order valence-corrected chi connectivity index (χ3v) is 20.9. The quantitative estimate of drug-likeness (QED) is 0.100. The summed E-state index contributed by atoms with van der Waals surface area (Å²) in [6.45, 7) is 41.6.